The standard InChI is InChI=1S/C19H21ClN4O/c20-17-7-8-19(25-12-4-10-24-11-9-21-15-24)16(13-17)14-22-23-18-5-2-1-3-6-18/h1-3,5-9,11,13,15,22-23H,4,10,12,14H2. The average Bonchev–Trinajstić information content (AvgIpc) is 3.14. The highest BCUT2D eigenvalue weighted by molar-refractivity contribution is 6.30. The SMILES string of the molecule is Clc1ccc(OCCCn2ccnc2)c(CNNc2ccccc2)c1. The summed E-state index contributed by atoms with van der Waals surface area (Å²) in [6.45, 7) is 2.13. The maximum atomic E-state index is 6.13. The van der Waals surface area contributed by atoms with E-state index >= 15 is 0 Å². The first-order valence-corrected chi connectivity index (χ1v) is 8.60. The van der Waals surface area contributed by atoms with E-state index in [4.69, 9.17) is 16.3 Å². The quantitative estimate of drug-likeness (QED) is 0.447. The van der Waals surface area contributed by atoms with Crippen molar-refractivity contribution in [3.8, 4) is 5.75 Å². The highest BCUT2D eigenvalue weighted by atomic mass is 35.5. The molecule has 3 aromatic rings. The summed E-state index contributed by atoms with van der Waals surface area (Å²) in [4.78, 5) is 4.03. The van der Waals surface area contributed by atoms with E-state index in [1.807, 2.05) is 65.6 Å². The van der Waals surface area contributed by atoms with Gasteiger partial charge >= 0.3 is 0 Å². The van der Waals surface area contributed by atoms with Gasteiger partial charge in [0, 0.05) is 41.8 Å². The highest BCUT2D eigenvalue weighted by Gasteiger charge is 2.05. The number of hydrazine groups is 1. The first-order valence-electron chi connectivity index (χ1n) is 8.22. The lowest BCUT2D eigenvalue weighted by atomic mass is 10.2. The molecule has 0 saturated carbocycles. The molecule has 0 saturated heterocycles. The number of anilines is 1. The topological polar surface area (TPSA) is 51.1 Å². The highest BCUT2D eigenvalue weighted by Crippen LogP contribution is 2.23. The molecule has 6 heteroatoms. The van der Waals surface area contributed by atoms with Crippen LogP contribution in [0.2, 0.25) is 5.02 Å². The van der Waals surface area contributed by atoms with Crippen LogP contribution in [-0.2, 0) is 13.1 Å². The van der Waals surface area contributed by atoms with Crippen LogP contribution < -0.4 is 15.6 Å². The molecule has 1 heterocycles. The zero-order valence-electron chi connectivity index (χ0n) is 13.9. The van der Waals surface area contributed by atoms with Gasteiger partial charge in [0.1, 0.15) is 5.75 Å². The van der Waals surface area contributed by atoms with Gasteiger partial charge in [-0.3, -0.25) is 0 Å². The number of hydrogen-bond donors (Lipinski definition) is 2. The van der Waals surface area contributed by atoms with Crippen LogP contribution in [0.4, 0.5) is 5.69 Å². The molecule has 2 aromatic carbocycles. The molecule has 0 spiro atoms. The van der Waals surface area contributed by atoms with Crippen molar-refractivity contribution in [2.24, 2.45) is 0 Å². The summed E-state index contributed by atoms with van der Waals surface area (Å²) in [5, 5.41) is 0.697. The molecule has 5 nitrogen and oxygen atoms in total. The van der Waals surface area contributed by atoms with E-state index < -0.39 is 0 Å². The van der Waals surface area contributed by atoms with Crippen molar-refractivity contribution in [2.75, 3.05) is 12.0 Å². The van der Waals surface area contributed by atoms with Gasteiger partial charge in [-0.1, -0.05) is 29.8 Å². The van der Waals surface area contributed by atoms with E-state index in [9.17, 15) is 0 Å². The summed E-state index contributed by atoms with van der Waals surface area (Å²) in [5.74, 6) is 0.845. The van der Waals surface area contributed by atoms with Crippen molar-refractivity contribution in [1.29, 1.82) is 0 Å². The third-order valence-electron chi connectivity index (χ3n) is 3.69. The summed E-state index contributed by atoms with van der Waals surface area (Å²) in [6.07, 6.45) is 6.46. The number of aromatic nitrogens is 2. The number of halogens is 1. The number of imidazole rings is 1. The Hall–Kier alpha value is -2.50. The summed E-state index contributed by atoms with van der Waals surface area (Å²) < 4.78 is 7.97. The van der Waals surface area contributed by atoms with Gasteiger partial charge in [-0.05, 0) is 36.8 Å². The summed E-state index contributed by atoms with van der Waals surface area (Å²) in [7, 11) is 0. The molecule has 0 amide bonds. The maximum Gasteiger partial charge on any atom is 0.123 e. The molecular weight excluding hydrogens is 336 g/mol. The van der Waals surface area contributed by atoms with Gasteiger partial charge in [0.15, 0.2) is 0 Å². The number of nitrogens with one attached hydrogen (secondary N) is 2. The van der Waals surface area contributed by atoms with Crippen LogP contribution in [0.5, 0.6) is 5.75 Å². The normalized spacial score (nSPS) is 10.6. The predicted octanol–water partition coefficient (Wildman–Crippen LogP) is 4.12. The number of para-hydroxylation sites is 1. The van der Waals surface area contributed by atoms with Gasteiger partial charge < -0.3 is 14.7 Å². The van der Waals surface area contributed by atoms with E-state index in [0.717, 1.165) is 30.0 Å². The molecule has 3 rings (SSSR count). The molecule has 0 unspecified atom stereocenters. The average molecular weight is 357 g/mol. The maximum absolute atomic E-state index is 6.13. The van der Waals surface area contributed by atoms with Crippen LogP contribution in [-0.4, -0.2) is 16.2 Å². The second-order valence-corrected chi connectivity index (χ2v) is 6.04. The van der Waals surface area contributed by atoms with Crippen LogP contribution in [0.1, 0.15) is 12.0 Å². The fraction of sp³-hybridized carbons (Fsp3) is 0.211. The smallest absolute Gasteiger partial charge is 0.123 e. The third kappa shape index (κ3) is 5.52. The van der Waals surface area contributed by atoms with Crippen molar-refractivity contribution in [3.63, 3.8) is 0 Å². The first kappa shape index (κ1) is 17.3. The zero-order valence-corrected chi connectivity index (χ0v) is 14.6. The van der Waals surface area contributed by atoms with Gasteiger partial charge in [0.2, 0.25) is 0 Å². The fourth-order valence-corrected chi connectivity index (χ4v) is 2.63. The molecule has 0 bridgehead atoms. The molecule has 1 aromatic heterocycles. The summed E-state index contributed by atoms with van der Waals surface area (Å²) >= 11 is 6.13. The molecule has 0 aliphatic carbocycles. The minimum Gasteiger partial charge on any atom is -0.493 e. The number of aryl methyl sites for hydroxylation is 1. The fourth-order valence-electron chi connectivity index (χ4n) is 2.44. The monoisotopic (exact) mass is 356 g/mol. The summed E-state index contributed by atoms with van der Waals surface area (Å²) in [5.41, 5.74) is 8.38. The zero-order chi connectivity index (χ0) is 17.3. The number of ether oxygens (including phenoxy) is 1. The van der Waals surface area contributed by atoms with E-state index in [0.29, 0.717) is 18.2 Å². The van der Waals surface area contributed by atoms with Crippen molar-refractivity contribution in [3.05, 3.63) is 77.8 Å². The molecule has 0 atom stereocenters. The minimum atomic E-state index is 0.603. The third-order valence-corrected chi connectivity index (χ3v) is 3.92. The molecule has 2 N–H and O–H groups in total. The molecular formula is C19H21ClN4O. The number of nitrogens with zero attached hydrogens (tertiary/aromatic N) is 2. The van der Waals surface area contributed by atoms with Gasteiger partial charge in [0.25, 0.3) is 0 Å². The Balaban J connectivity index is 1.50. The Labute approximate surface area is 152 Å². The first-order chi connectivity index (χ1) is 12.3. The second-order valence-electron chi connectivity index (χ2n) is 5.60. The molecule has 130 valence electrons. The number of benzene rings is 2. The van der Waals surface area contributed by atoms with Gasteiger partial charge in [-0.2, -0.15) is 0 Å². The van der Waals surface area contributed by atoms with E-state index in [2.05, 4.69) is 15.8 Å². The largest absolute Gasteiger partial charge is 0.493 e. The van der Waals surface area contributed by atoms with Crippen LogP contribution in [0.15, 0.2) is 67.3 Å². The van der Waals surface area contributed by atoms with E-state index in [1.54, 1.807) is 6.20 Å². The van der Waals surface area contributed by atoms with Crippen LogP contribution in [0.3, 0.4) is 0 Å². The number of hydrogen-bond acceptors (Lipinski definition) is 4. The molecule has 0 aliphatic heterocycles. The lowest BCUT2D eigenvalue weighted by Gasteiger charge is -2.14. The second kappa shape index (κ2) is 9.11. The van der Waals surface area contributed by atoms with Gasteiger partial charge in [-0.15, -0.1) is 0 Å². The molecule has 0 aliphatic rings. The Bertz CT molecular complexity index is 762. The summed E-state index contributed by atoms with van der Waals surface area (Å²) in [6, 6.07) is 15.6. The van der Waals surface area contributed by atoms with Gasteiger partial charge in [0.05, 0.1) is 12.9 Å². The Morgan fingerprint density at radius 1 is 1.12 bits per heavy atom. The van der Waals surface area contributed by atoms with Crippen LogP contribution in [0.25, 0.3) is 0 Å². The van der Waals surface area contributed by atoms with Crippen molar-refractivity contribution in [1.82, 2.24) is 15.0 Å². The van der Waals surface area contributed by atoms with Crippen molar-refractivity contribution in [2.45, 2.75) is 19.5 Å². The Morgan fingerprint density at radius 2 is 2.00 bits per heavy atom. The van der Waals surface area contributed by atoms with Gasteiger partial charge in [-0.25, -0.2) is 10.4 Å². The van der Waals surface area contributed by atoms with Crippen molar-refractivity contribution < 1.29 is 4.74 Å². The lowest BCUT2D eigenvalue weighted by Crippen LogP contribution is -2.21. The molecule has 25 heavy (non-hydrogen) atoms. The van der Waals surface area contributed by atoms with E-state index in [1.165, 1.54) is 0 Å². The molecule has 0 fully saturated rings. The lowest BCUT2D eigenvalue weighted by molar-refractivity contribution is 0.298. The van der Waals surface area contributed by atoms with E-state index in [-0.39, 0.29) is 0 Å². The van der Waals surface area contributed by atoms with Crippen LogP contribution in [0, 0.1) is 0 Å². The number of rotatable bonds is 9. The predicted molar refractivity (Wildman–Crippen MR) is 101 cm³/mol. The van der Waals surface area contributed by atoms with Crippen molar-refractivity contribution >= 4 is 17.3 Å². The Morgan fingerprint density at radius 3 is 2.80 bits per heavy atom. The Kier molecular flexibility index (Phi) is 6.31. The minimum absolute atomic E-state index is 0.603. The van der Waals surface area contributed by atoms with Crippen LogP contribution >= 0.6 is 11.6 Å². The molecule has 0 radical (unpaired) electrons.